The molecule has 1 saturated heterocycles. The van der Waals surface area contributed by atoms with E-state index in [1.165, 1.54) is 11.1 Å². The van der Waals surface area contributed by atoms with Crippen LogP contribution in [0.3, 0.4) is 0 Å². The number of carbonyl (C=O) groups is 1. The summed E-state index contributed by atoms with van der Waals surface area (Å²) in [6, 6.07) is 16.3. The van der Waals surface area contributed by atoms with Gasteiger partial charge in [-0.05, 0) is 43.0 Å². The zero-order valence-electron chi connectivity index (χ0n) is 16.5. The lowest BCUT2D eigenvalue weighted by Gasteiger charge is -2.35. The second-order valence-electron chi connectivity index (χ2n) is 7.29. The van der Waals surface area contributed by atoms with E-state index in [4.69, 9.17) is 4.74 Å². The monoisotopic (exact) mass is 366 g/mol. The molecule has 3 rings (SSSR count). The molecule has 0 aliphatic carbocycles. The summed E-state index contributed by atoms with van der Waals surface area (Å²) >= 11 is 0. The van der Waals surface area contributed by atoms with Crippen LogP contribution in [-0.4, -0.2) is 55.0 Å². The highest BCUT2D eigenvalue weighted by Crippen LogP contribution is 2.16. The lowest BCUT2D eigenvalue weighted by Crippen LogP contribution is -2.49. The Morgan fingerprint density at radius 2 is 1.59 bits per heavy atom. The number of amides is 1. The first-order valence-electron chi connectivity index (χ1n) is 9.86. The van der Waals surface area contributed by atoms with Crippen LogP contribution >= 0.6 is 0 Å². The van der Waals surface area contributed by atoms with E-state index in [9.17, 15) is 4.79 Å². The molecule has 2 aromatic carbocycles. The fourth-order valence-electron chi connectivity index (χ4n) is 3.49. The molecule has 0 bridgehead atoms. The fourth-order valence-corrected chi connectivity index (χ4v) is 3.49. The number of ether oxygens (including phenoxy) is 1. The minimum absolute atomic E-state index is 0.242. The van der Waals surface area contributed by atoms with Gasteiger partial charge in [0.1, 0.15) is 5.75 Å². The van der Waals surface area contributed by atoms with Crippen LogP contribution in [0.25, 0.3) is 0 Å². The Kier molecular flexibility index (Phi) is 6.88. The van der Waals surface area contributed by atoms with E-state index in [1.807, 2.05) is 35.2 Å². The number of benzene rings is 2. The third-order valence-corrected chi connectivity index (χ3v) is 5.30. The number of piperazine rings is 1. The molecule has 2 aromatic rings. The topological polar surface area (TPSA) is 32.8 Å². The quantitative estimate of drug-likeness (QED) is 0.704. The van der Waals surface area contributed by atoms with E-state index < -0.39 is 0 Å². The molecule has 0 N–H and O–H groups in total. The van der Waals surface area contributed by atoms with Crippen molar-refractivity contribution in [3.63, 3.8) is 0 Å². The van der Waals surface area contributed by atoms with E-state index >= 15 is 0 Å². The van der Waals surface area contributed by atoms with Crippen LogP contribution in [0.2, 0.25) is 0 Å². The molecule has 0 radical (unpaired) electrons. The van der Waals surface area contributed by atoms with Crippen molar-refractivity contribution in [2.24, 2.45) is 0 Å². The summed E-state index contributed by atoms with van der Waals surface area (Å²) in [4.78, 5) is 17.0. The summed E-state index contributed by atoms with van der Waals surface area (Å²) in [5.41, 5.74) is 3.51. The third-order valence-electron chi connectivity index (χ3n) is 5.30. The Hall–Kier alpha value is -2.33. The lowest BCUT2D eigenvalue weighted by atomic mass is 10.1. The molecular weight excluding hydrogens is 336 g/mol. The summed E-state index contributed by atoms with van der Waals surface area (Å²) in [5.74, 6) is 1.22. The fraction of sp³-hybridized carbons (Fsp3) is 0.435. The summed E-state index contributed by atoms with van der Waals surface area (Å²) in [6.45, 7) is 9.44. The Balaban J connectivity index is 1.36. The predicted octanol–water partition coefficient (Wildman–Crippen LogP) is 3.46. The zero-order valence-corrected chi connectivity index (χ0v) is 16.5. The summed E-state index contributed by atoms with van der Waals surface area (Å²) in [7, 11) is 0. The summed E-state index contributed by atoms with van der Waals surface area (Å²) < 4.78 is 5.87. The van der Waals surface area contributed by atoms with Gasteiger partial charge in [-0.15, -0.1) is 0 Å². The summed E-state index contributed by atoms with van der Waals surface area (Å²) in [5, 5.41) is 0. The molecule has 144 valence electrons. The molecule has 4 heteroatoms. The maximum absolute atomic E-state index is 12.6. The first kappa shape index (κ1) is 19.4. The Morgan fingerprint density at radius 3 is 2.30 bits per heavy atom. The maximum Gasteiger partial charge on any atom is 0.227 e. The summed E-state index contributed by atoms with van der Waals surface area (Å²) in [6.07, 6.45) is 1.52. The van der Waals surface area contributed by atoms with E-state index in [2.05, 4.69) is 36.9 Å². The average molecular weight is 367 g/mol. The van der Waals surface area contributed by atoms with Crippen molar-refractivity contribution in [2.75, 3.05) is 39.3 Å². The van der Waals surface area contributed by atoms with Crippen molar-refractivity contribution in [1.29, 1.82) is 0 Å². The van der Waals surface area contributed by atoms with Crippen LogP contribution in [0.4, 0.5) is 0 Å². The van der Waals surface area contributed by atoms with E-state index in [-0.39, 0.29) is 5.91 Å². The molecule has 0 spiro atoms. The maximum atomic E-state index is 12.6. The van der Waals surface area contributed by atoms with Crippen LogP contribution < -0.4 is 4.74 Å². The van der Waals surface area contributed by atoms with E-state index in [0.717, 1.165) is 57.1 Å². The van der Waals surface area contributed by atoms with Crippen molar-refractivity contribution < 1.29 is 9.53 Å². The molecule has 1 aliphatic rings. The Labute approximate surface area is 162 Å². The second-order valence-corrected chi connectivity index (χ2v) is 7.29. The first-order valence-corrected chi connectivity index (χ1v) is 9.86. The Morgan fingerprint density at radius 1 is 0.926 bits per heavy atom. The third kappa shape index (κ3) is 5.57. The van der Waals surface area contributed by atoms with Gasteiger partial charge in [0, 0.05) is 32.7 Å². The molecule has 1 heterocycles. The molecule has 4 nitrogen and oxygen atoms in total. The van der Waals surface area contributed by atoms with Gasteiger partial charge in [0.2, 0.25) is 5.91 Å². The minimum atomic E-state index is 0.242. The molecular formula is C23H30N2O2. The number of rotatable bonds is 7. The van der Waals surface area contributed by atoms with Gasteiger partial charge >= 0.3 is 0 Å². The highest BCUT2D eigenvalue weighted by Gasteiger charge is 2.21. The molecule has 0 unspecified atom stereocenters. The van der Waals surface area contributed by atoms with Gasteiger partial charge in [-0.3, -0.25) is 9.69 Å². The molecule has 0 saturated carbocycles. The van der Waals surface area contributed by atoms with Crippen LogP contribution in [0.15, 0.2) is 48.5 Å². The largest absolute Gasteiger partial charge is 0.493 e. The van der Waals surface area contributed by atoms with Crippen LogP contribution in [0, 0.1) is 13.8 Å². The standard InChI is InChI=1S/C23H30N2O2/c1-19-8-3-5-10-21(19)18-23(26)25-15-13-24(14-16-25)12-7-17-27-22-11-6-4-9-20(22)2/h3-6,8-11H,7,12-18H2,1-2H3. The van der Waals surface area contributed by atoms with Gasteiger partial charge in [-0.1, -0.05) is 42.5 Å². The van der Waals surface area contributed by atoms with Crippen molar-refractivity contribution in [2.45, 2.75) is 26.7 Å². The molecule has 1 aliphatic heterocycles. The van der Waals surface area contributed by atoms with Crippen LogP contribution in [-0.2, 0) is 11.2 Å². The van der Waals surface area contributed by atoms with Gasteiger partial charge < -0.3 is 9.64 Å². The average Bonchev–Trinajstić information content (AvgIpc) is 2.69. The number of nitrogens with zero attached hydrogens (tertiary/aromatic N) is 2. The SMILES string of the molecule is Cc1ccccc1CC(=O)N1CCN(CCCOc2ccccc2C)CC1. The number of para-hydroxylation sites is 1. The van der Waals surface area contributed by atoms with E-state index in [0.29, 0.717) is 6.42 Å². The highest BCUT2D eigenvalue weighted by molar-refractivity contribution is 5.79. The number of hydrogen-bond acceptors (Lipinski definition) is 3. The van der Waals surface area contributed by atoms with Gasteiger partial charge in [0.05, 0.1) is 13.0 Å². The van der Waals surface area contributed by atoms with E-state index in [1.54, 1.807) is 0 Å². The van der Waals surface area contributed by atoms with Crippen molar-refractivity contribution in [3.8, 4) is 5.75 Å². The molecule has 1 amide bonds. The molecule has 27 heavy (non-hydrogen) atoms. The molecule has 0 atom stereocenters. The minimum Gasteiger partial charge on any atom is -0.493 e. The van der Waals surface area contributed by atoms with Gasteiger partial charge in [-0.2, -0.15) is 0 Å². The van der Waals surface area contributed by atoms with Crippen molar-refractivity contribution in [1.82, 2.24) is 9.80 Å². The number of aryl methyl sites for hydroxylation is 2. The van der Waals surface area contributed by atoms with Gasteiger partial charge in [-0.25, -0.2) is 0 Å². The van der Waals surface area contributed by atoms with Gasteiger partial charge in [0.15, 0.2) is 0 Å². The smallest absolute Gasteiger partial charge is 0.227 e. The zero-order chi connectivity index (χ0) is 19.1. The molecule has 1 fully saturated rings. The normalized spacial score (nSPS) is 15.0. The van der Waals surface area contributed by atoms with Crippen LogP contribution in [0.5, 0.6) is 5.75 Å². The van der Waals surface area contributed by atoms with Crippen molar-refractivity contribution in [3.05, 3.63) is 65.2 Å². The second kappa shape index (κ2) is 9.56. The number of carbonyl (C=O) groups excluding carboxylic acids is 1. The van der Waals surface area contributed by atoms with Crippen LogP contribution in [0.1, 0.15) is 23.1 Å². The molecule has 0 aromatic heterocycles. The lowest BCUT2D eigenvalue weighted by molar-refractivity contribution is -0.132. The van der Waals surface area contributed by atoms with Gasteiger partial charge in [0.25, 0.3) is 0 Å². The Bertz CT molecular complexity index is 752. The van der Waals surface area contributed by atoms with Crippen molar-refractivity contribution >= 4 is 5.91 Å². The number of hydrogen-bond donors (Lipinski definition) is 0. The predicted molar refractivity (Wildman–Crippen MR) is 109 cm³/mol. The highest BCUT2D eigenvalue weighted by atomic mass is 16.5. The first-order chi connectivity index (χ1) is 13.1.